The van der Waals surface area contributed by atoms with E-state index in [1.807, 2.05) is 30.3 Å². The molecule has 1 aliphatic carbocycles. The molecule has 0 N–H and O–H groups in total. The van der Waals surface area contributed by atoms with E-state index in [2.05, 4.69) is 30.7 Å². The molecule has 1 aliphatic heterocycles. The topological polar surface area (TPSA) is 36.4 Å². The molecule has 28 heavy (non-hydrogen) atoms. The van der Waals surface area contributed by atoms with Crippen molar-refractivity contribution in [1.82, 2.24) is 9.88 Å². The summed E-state index contributed by atoms with van der Waals surface area (Å²) in [6.45, 7) is 6.22. The Labute approximate surface area is 168 Å². The second-order valence-electron chi connectivity index (χ2n) is 9.10. The molecule has 1 aromatic carbocycles. The summed E-state index contributed by atoms with van der Waals surface area (Å²) in [7, 11) is 2.15. The number of hydrogen-bond donors (Lipinski definition) is 0. The Hall–Kier alpha value is -2.10. The van der Waals surface area contributed by atoms with E-state index in [-0.39, 0.29) is 5.91 Å². The van der Waals surface area contributed by atoms with Crippen molar-refractivity contribution >= 4 is 22.6 Å². The van der Waals surface area contributed by atoms with Crippen LogP contribution in [-0.2, 0) is 0 Å². The van der Waals surface area contributed by atoms with Crippen LogP contribution in [0.1, 0.15) is 62.7 Å². The third-order valence-electron chi connectivity index (χ3n) is 6.57. The fraction of sp³-hybridized carbons (Fsp3) is 0.583. The molecule has 0 bridgehead atoms. The van der Waals surface area contributed by atoms with Crippen molar-refractivity contribution in [1.29, 1.82) is 0 Å². The van der Waals surface area contributed by atoms with Crippen LogP contribution in [0.25, 0.3) is 10.9 Å². The van der Waals surface area contributed by atoms with Crippen LogP contribution in [0.5, 0.6) is 0 Å². The minimum absolute atomic E-state index is 0.162. The highest BCUT2D eigenvalue weighted by Gasteiger charge is 2.28. The van der Waals surface area contributed by atoms with Crippen molar-refractivity contribution in [3.8, 4) is 0 Å². The van der Waals surface area contributed by atoms with Crippen LogP contribution in [0.3, 0.4) is 0 Å². The van der Waals surface area contributed by atoms with Gasteiger partial charge in [0.1, 0.15) is 5.82 Å². The Kier molecular flexibility index (Phi) is 5.56. The fourth-order valence-electron chi connectivity index (χ4n) is 5.17. The Balaban J connectivity index is 1.71. The quantitative estimate of drug-likeness (QED) is 0.742. The first-order chi connectivity index (χ1) is 13.5. The average Bonchev–Trinajstić information content (AvgIpc) is 2.71. The maximum Gasteiger partial charge on any atom is 0.254 e. The number of para-hydroxylation sites is 1. The van der Waals surface area contributed by atoms with Crippen molar-refractivity contribution in [3.63, 3.8) is 0 Å². The molecule has 0 unspecified atom stereocenters. The number of pyridine rings is 1. The van der Waals surface area contributed by atoms with E-state index in [1.165, 1.54) is 38.5 Å². The Morgan fingerprint density at radius 1 is 1.07 bits per heavy atom. The van der Waals surface area contributed by atoms with Gasteiger partial charge in [-0.3, -0.25) is 4.79 Å². The summed E-state index contributed by atoms with van der Waals surface area (Å²) < 4.78 is 0. The lowest BCUT2D eigenvalue weighted by molar-refractivity contribution is 0.0625. The predicted molar refractivity (Wildman–Crippen MR) is 116 cm³/mol. The average molecular weight is 380 g/mol. The van der Waals surface area contributed by atoms with Gasteiger partial charge in [0, 0.05) is 31.6 Å². The minimum Gasteiger partial charge on any atom is -0.357 e. The van der Waals surface area contributed by atoms with E-state index in [0.29, 0.717) is 17.9 Å². The van der Waals surface area contributed by atoms with Crippen molar-refractivity contribution in [3.05, 3.63) is 35.9 Å². The minimum atomic E-state index is 0.162. The fourth-order valence-corrected chi connectivity index (χ4v) is 5.17. The van der Waals surface area contributed by atoms with Gasteiger partial charge in [0.2, 0.25) is 0 Å². The maximum absolute atomic E-state index is 13.5. The molecule has 4 nitrogen and oxygen atoms in total. The van der Waals surface area contributed by atoms with Crippen molar-refractivity contribution in [2.45, 2.75) is 58.4 Å². The first kappa shape index (κ1) is 19.2. The number of aromatic nitrogens is 1. The smallest absolute Gasteiger partial charge is 0.254 e. The summed E-state index contributed by atoms with van der Waals surface area (Å²) in [5, 5.41) is 0.971. The summed E-state index contributed by atoms with van der Waals surface area (Å²) >= 11 is 0. The van der Waals surface area contributed by atoms with E-state index < -0.39 is 0 Å². The van der Waals surface area contributed by atoms with Crippen molar-refractivity contribution in [2.75, 3.05) is 25.0 Å². The molecule has 4 rings (SSSR count). The van der Waals surface area contributed by atoms with Crippen molar-refractivity contribution < 1.29 is 4.79 Å². The molecule has 1 saturated heterocycles. The number of nitrogens with zero attached hydrogens (tertiary/aromatic N) is 3. The highest BCUT2D eigenvalue weighted by atomic mass is 16.2. The zero-order valence-electron chi connectivity index (χ0n) is 17.5. The number of anilines is 1. The molecule has 0 spiro atoms. The molecule has 4 heteroatoms. The number of carbonyl (C=O) groups excluding carboxylic acids is 1. The molecule has 1 aromatic heterocycles. The molecule has 2 aromatic rings. The molecule has 1 amide bonds. The number of hydrogen-bond acceptors (Lipinski definition) is 3. The molecule has 2 atom stereocenters. The van der Waals surface area contributed by atoms with Crippen LogP contribution in [0.15, 0.2) is 30.3 Å². The summed E-state index contributed by atoms with van der Waals surface area (Å²) in [4.78, 5) is 22.8. The van der Waals surface area contributed by atoms with Crippen LogP contribution in [-0.4, -0.2) is 42.0 Å². The van der Waals surface area contributed by atoms with E-state index in [4.69, 9.17) is 4.98 Å². The van der Waals surface area contributed by atoms with Crippen LogP contribution < -0.4 is 4.90 Å². The summed E-state index contributed by atoms with van der Waals surface area (Å²) in [5.41, 5.74) is 1.73. The van der Waals surface area contributed by atoms with Gasteiger partial charge in [-0.2, -0.15) is 0 Å². The molecule has 2 fully saturated rings. The molecule has 1 saturated carbocycles. The largest absolute Gasteiger partial charge is 0.357 e. The molecule has 150 valence electrons. The normalized spacial score (nSPS) is 23.8. The number of likely N-dealkylation sites (tertiary alicyclic amines) is 1. The third kappa shape index (κ3) is 3.87. The molecule has 2 aliphatic rings. The lowest BCUT2D eigenvalue weighted by Gasteiger charge is -2.36. The Bertz CT molecular complexity index is 833. The SMILES string of the molecule is C[C@@H]1C[C@@H](C)CN(C(=O)c2cc(N(C)C3CCCCC3)nc3ccccc23)C1. The third-order valence-corrected chi connectivity index (χ3v) is 6.57. The highest BCUT2D eigenvalue weighted by molar-refractivity contribution is 6.07. The first-order valence-electron chi connectivity index (χ1n) is 10.9. The van der Waals surface area contributed by atoms with E-state index >= 15 is 0 Å². The maximum atomic E-state index is 13.5. The zero-order chi connectivity index (χ0) is 19.7. The van der Waals surface area contributed by atoms with Gasteiger partial charge in [-0.1, -0.05) is 51.3 Å². The Morgan fingerprint density at radius 2 is 1.75 bits per heavy atom. The summed E-state index contributed by atoms with van der Waals surface area (Å²) in [6, 6.07) is 10.7. The van der Waals surface area contributed by atoms with Crippen LogP contribution in [0, 0.1) is 11.8 Å². The number of amides is 1. The molecule has 2 heterocycles. The number of rotatable bonds is 3. The van der Waals surface area contributed by atoms with Gasteiger partial charge in [-0.25, -0.2) is 4.98 Å². The number of fused-ring (bicyclic) bond motifs is 1. The van der Waals surface area contributed by atoms with Gasteiger partial charge in [-0.15, -0.1) is 0 Å². The molecular formula is C24H33N3O. The lowest BCUT2D eigenvalue weighted by Crippen LogP contribution is -2.42. The van der Waals surface area contributed by atoms with Crippen molar-refractivity contribution in [2.24, 2.45) is 11.8 Å². The number of piperidine rings is 1. The van der Waals surface area contributed by atoms with E-state index in [1.54, 1.807) is 0 Å². The molecular weight excluding hydrogens is 346 g/mol. The first-order valence-corrected chi connectivity index (χ1v) is 10.9. The predicted octanol–water partition coefficient (Wildman–Crippen LogP) is 5.12. The van der Waals surface area contributed by atoms with E-state index in [0.717, 1.165) is 35.4 Å². The second-order valence-corrected chi connectivity index (χ2v) is 9.10. The van der Waals surface area contributed by atoms with E-state index in [9.17, 15) is 4.79 Å². The Morgan fingerprint density at radius 3 is 2.46 bits per heavy atom. The number of benzene rings is 1. The summed E-state index contributed by atoms with van der Waals surface area (Å²) in [6.07, 6.45) is 7.56. The standard InChI is InChI=1S/C24H33N3O/c1-17-13-18(2)16-27(15-17)24(28)21-14-23(25-22-12-8-7-11-20(21)22)26(3)19-9-5-4-6-10-19/h7-8,11-12,14,17-19H,4-6,9-10,13,15-16H2,1-3H3/t17-,18-/m1/s1. The highest BCUT2D eigenvalue weighted by Crippen LogP contribution is 2.30. The van der Waals surface area contributed by atoms with Gasteiger partial charge >= 0.3 is 0 Å². The van der Waals surface area contributed by atoms with Gasteiger partial charge in [0.05, 0.1) is 11.1 Å². The second kappa shape index (κ2) is 8.10. The lowest BCUT2D eigenvalue weighted by atomic mass is 9.91. The zero-order valence-corrected chi connectivity index (χ0v) is 17.5. The van der Waals surface area contributed by atoms with Crippen LogP contribution >= 0.6 is 0 Å². The monoisotopic (exact) mass is 379 g/mol. The summed E-state index contributed by atoms with van der Waals surface area (Å²) in [5.74, 6) is 2.22. The van der Waals surface area contributed by atoms with Crippen LogP contribution in [0.4, 0.5) is 5.82 Å². The molecule has 0 radical (unpaired) electrons. The van der Waals surface area contributed by atoms with Gasteiger partial charge in [0.25, 0.3) is 5.91 Å². The van der Waals surface area contributed by atoms with Gasteiger partial charge in [-0.05, 0) is 43.2 Å². The van der Waals surface area contributed by atoms with Gasteiger partial charge < -0.3 is 9.80 Å². The number of carbonyl (C=O) groups is 1. The van der Waals surface area contributed by atoms with Gasteiger partial charge in [0.15, 0.2) is 0 Å². The van der Waals surface area contributed by atoms with Crippen LogP contribution in [0.2, 0.25) is 0 Å².